The summed E-state index contributed by atoms with van der Waals surface area (Å²) in [5, 5.41) is 9.51. The summed E-state index contributed by atoms with van der Waals surface area (Å²) in [4.78, 5) is 13.4. The lowest BCUT2D eigenvalue weighted by Gasteiger charge is -2.32. The number of likely N-dealkylation sites (tertiary alicyclic amines) is 1. The Labute approximate surface area is 85.1 Å². The van der Waals surface area contributed by atoms with Crippen molar-refractivity contribution >= 4 is 5.91 Å². The van der Waals surface area contributed by atoms with Gasteiger partial charge in [-0.05, 0) is 26.7 Å². The van der Waals surface area contributed by atoms with E-state index in [0.717, 1.165) is 19.4 Å². The van der Waals surface area contributed by atoms with E-state index in [-0.39, 0.29) is 18.4 Å². The molecule has 1 fully saturated rings. The summed E-state index contributed by atoms with van der Waals surface area (Å²) in [6.07, 6.45) is 2.14. The minimum absolute atomic E-state index is 0.00708. The smallest absolute Gasteiger partial charge is 0.225 e. The van der Waals surface area contributed by atoms with E-state index in [9.17, 15) is 9.90 Å². The molecule has 1 unspecified atom stereocenters. The van der Waals surface area contributed by atoms with Crippen molar-refractivity contribution in [3.05, 3.63) is 0 Å². The molecule has 4 nitrogen and oxygen atoms in total. The van der Waals surface area contributed by atoms with Gasteiger partial charge in [0.05, 0.1) is 12.0 Å². The molecule has 4 heteroatoms. The molecule has 1 saturated heterocycles. The molecule has 0 aromatic carbocycles. The number of rotatable bonds is 2. The molecule has 82 valence electrons. The maximum Gasteiger partial charge on any atom is 0.225 e. The molecule has 0 bridgehead atoms. The van der Waals surface area contributed by atoms with E-state index in [2.05, 4.69) is 0 Å². The van der Waals surface area contributed by atoms with Crippen LogP contribution >= 0.6 is 0 Å². The van der Waals surface area contributed by atoms with Gasteiger partial charge in [-0.2, -0.15) is 0 Å². The van der Waals surface area contributed by atoms with Crippen LogP contribution in [0.2, 0.25) is 0 Å². The molecule has 0 aliphatic carbocycles. The average Bonchev–Trinajstić information content (AvgIpc) is 2.01. The van der Waals surface area contributed by atoms with Crippen LogP contribution in [0.15, 0.2) is 0 Å². The van der Waals surface area contributed by atoms with Crippen LogP contribution in [0.1, 0.15) is 33.1 Å². The van der Waals surface area contributed by atoms with E-state index < -0.39 is 5.60 Å². The molecule has 0 radical (unpaired) electrons. The summed E-state index contributed by atoms with van der Waals surface area (Å²) < 4.78 is 0. The number of nitrogens with two attached hydrogens (primary N) is 1. The zero-order chi connectivity index (χ0) is 10.8. The second-order valence-electron chi connectivity index (χ2n) is 4.73. The minimum Gasteiger partial charge on any atom is -0.390 e. The quantitative estimate of drug-likeness (QED) is 0.664. The van der Waals surface area contributed by atoms with E-state index in [1.54, 1.807) is 18.7 Å². The first kappa shape index (κ1) is 11.5. The predicted octanol–water partition coefficient (Wildman–Crippen LogP) is 0.0971. The van der Waals surface area contributed by atoms with Crippen LogP contribution in [-0.4, -0.2) is 40.6 Å². The van der Waals surface area contributed by atoms with Gasteiger partial charge < -0.3 is 15.7 Å². The van der Waals surface area contributed by atoms with Gasteiger partial charge in [0, 0.05) is 19.1 Å². The highest BCUT2D eigenvalue weighted by atomic mass is 16.3. The van der Waals surface area contributed by atoms with Crippen LogP contribution < -0.4 is 5.73 Å². The molecular formula is C10H20N2O2. The molecule has 0 saturated carbocycles. The third-order valence-corrected chi connectivity index (χ3v) is 2.39. The molecule has 1 heterocycles. The molecule has 1 aliphatic rings. The van der Waals surface area contributed by atoms with Crippen molar-refractivity contribution in [3.63, 3.8) is 0 Å². The Kier molecular flexibility index (Phi) is 3.50. The lowest BCUT2D eigenvalue weighted by Crippen LogP contribution is -2.47. The summed E-state index contributed by atoms with van der Waals surface area (Å²) in [5.41, 5.74) is 4.85. The molecule has 1 amide bonds. The number of piperidine rings is 1. The zero-order valence-corrected chi connectivity index (χ0v) is 8.99. The summed E-state index contributed by atoms with van der Waals surface area (Å²) >= 11 is 0. The van der Waals surface area contributed by atoms with Crippen LogP contribution in [0, 0.1) is 0 Å². The van der Waals surface area contributed by atoms with Gasteiger partial charge in [-0.1, -0.05) is 0 Å². The maximum absolute atomic E-state index is 11.7. The van der Waals surface area contributed by atoms with E-state index in [1.165, 1.54) is 0 Å². The van der Waals surface area contributed by atoms with Crippen molar-refractivity contribution in [1.29, 1.82) is 0 Å². The number of hydrogen-bond acceptors (Lipinski definition) is 3. The molecule has 14 heavy (non-hydrogen) atoms. The maximum atomic E-state index is 11.7. The SMILES string of the molecule is CC(C)(O)CC(=O)N1CCCC(N)C1. The Morgan fingerprint density at radius 2 is 2.29 bits per heavy atom. The van der Waals surface area contributed by atoms with Crippen molar-refractivity contribution in [1.82, 2.24) is 4.90 Å². The van der Waals surface area contributed by atoms with Crippen molar-refractivity contribution in [3.8, 4) is 0 Å². The fraction of sp³-hybridized carbons (Fsp3) is 0.900. The van der Waals surface area contributed by atoms with Gasteiger partial charge in [0.1, 0.15) is 0 Å². The molecule has 1 atom stereocenters. The number of nitrogens with zero attached hydrogens (tertiary/aromatic N) is 1. The van der Waals surface area contributed by atoms with Crippen molar-refractivity contribution in [2.45, 2.75) is 44.8 Å². The molecule has 3 N–H and O–H groups in total. The summed E-state index contributed by atoms with van der Waals surface area (Å²) in [5.74, 6) is 0.00708. The summed E-state index contributed by atoms with van der Waals surface area (Å²) in [7, 11) is 0. The highest BCUT2D eigenvalue weighted by Gasteiger charge is 2.25. The Bertz CT molecular complexity index is 211. The van der Waals surface area contributed by atoms with Crippen LogP contribution in [0.3, 0.4) is 0 Å². The molecule has 0 spiro atoms. The first-order chi connectivity index (χ1) is 6.38. The monoisotopic (exact) mass is 200 g/mol. The molecule has 1 rings (SSSR count). The van der Waals surface area contributed by atoms with Crippen LogP contribution in [0.4, 0.5) is 0 Å². The number of carbonyl (C=O) groups excluding carboxylic acids is 1. The molecule has 0 aromatic heterocycles. The highest BCUT2D eigenvalue weighted by Crippen LogP contribution is 2.14. The first-order valence-corrected chi connectivity index (χ1v) is 5.14. The fourth-order valence-electron chi connectivity index (χ4n) is 1.72. The fourth-order valence-corrected chi connectivity index (χ4v) is 1.72. The van der Waals surface area contributed by atoms with Gasteiger partial charge in [0.15, 0.2) is 0 Å². The Morgan fingerprint density at radius 3 is 2.79 bits per heavy atom. The van der Waals surface area contributed by atoms with E-state index in [4.69, 9.17) is 5.73 Å². The minimum atomic E-state index is -0.918. The normalized spacial score (nSPS) is 23.7. The van der Waals surface area contributed by atoms with Gasteiger partial charge in [0.25, 0.3) is 0 Å². The van der Waals surface area contributed by atoms with Crippen molar-refractivity contribution in [2.75, 3.05) is 13.1 Å². The largest absolute Gasteiger partial charge is 0.390 e. The van der Waals surface area contributed by atoms with E-state index in [0.29, 0.717) is 6.54 Å². The second-order valence-corrected chi connectivity index (χ2v) is 4.73. The Hall–Kier alpha value is -0.610. The first-order valence-electron chi connectivity index (χ1n) is 5.14. The lowest BCUT2D eigenvalue weighted by atomic mass is 10.0. The van der Waals surface area contributed by atoms with Gasteiger partial charge in [-0.3, -0.25) is 4.79 Å². The standard InChI is InChI=1S/C10H20N2O2/c1-10(2,14)6-9(13)12-5-3-4-8(11)7-12/h8,14H,3-7,11H2,1-2H3. The van der Waals surface area contributed by atoms with Crippen LogP contribution in [0.25, 0.3) is 0 Å². The van der Waals surface area contributed by atoms with Crippen molar-refractivity contribution < 1.29 is 9.90 Å². The third-order valence-electron chi connectivity index (χ3n) is 2.39. The van der Waals surface area contributed by atoms with E-state index >= 15 is 0 Å². The van der Waals surface area contributed by atoms with Crippen molar-refractivity contribution in [2.24, 2.45) is 5.73 Å². The summed E-state index contributed by atoms with van der Waals surface area (Å²) in [6.45, 7) is 4.71. The topological polar surface area (TPSA) is 66.6 Å². The van der Waals surface area contributed by atoms with Gasteiger partial charge >= 0.3 is 0 Å². The lowest BCUT2D eigenvalue weighted by molar-refractivity contribution is -0.136. The van der Waals surface area contributed by atoms with Crippen LogP contribution in [-0.2, 0) is 4.79 Å². The Balaban J connectivity index is 2.44. The number of carbonyl (C=O) groups is 1. The molecular weight excluding hydrogens is 180 g/mol. The van der Waals surface area contributed by atoms with Gasteiger partial charge in [-0.25, -0.2) is 0 Å². The molecule has 1 aliphatic heterocycles. The number of hydrogen-bond donors (Lipinski definition) is 2. The summed E-state index contributed by atoms with van der Waals surface area (Å²) in [6, 6.07) is 0.106. The van der Waals surface area contributed by atoms with Gasteiger partial charge in [-0.15, -0.1) is 0 Å². The van der Waals surface area contributed by atoms with Crippen LogP contribution in [0.5, 0.6) is 0 Å². The second kappa shape index (κ2) is 4.28. The molecule has 0 aromatic rings. The zero-order valence-electron chi connectivity index (χ0n) is 8.99. The predicted molar refractivity (Wildman–Crippen MR) is 54.7 cm³/mol. The third kappa shape index (κ3) is 3.64. The number of aliphatic hydroxyl groups is 1. The number of amides is 1. The Morgan fingerprint density at radius 1 is 1.64 bits per heavy atom. The van der Waals surface area contributed by atoms with Gasteiger partial charge in [0.2, 0.25) is 5.91 Å². The highest BCUT2D eigenvalue weighted by molar-refractivity contribution is 5.77. The van der Waals surface area contributed by atoms with E-state index in [1.807, 2.05) is 0 Å². The average molecular weight is 200 g/mol.